The van der Waals surface area contributed by atoms with Crippen molar-refractivity contribution in [1.82, 2.24) is 19.6 Å². The van der Waals surface area contributed by atoms with Crippen molar-refractivity contribution < 1.29 is 39.6 Å². The van der Waals surface area contributed by atoms with Crippen LogP contribution >= 0.6 is 11.8 Å². The van der Waals surface area contributed by atoms with Crippen LogP contribution in [-0.4, -0.2) is 148 Å². The van der Waals surface area contributed by atoms with E-state index in [4.69, 9.17) is 0 Å². The number of carboxylic acid groups (broad SMARTS) is 4. The Morgan fingerprint density at radius 1 is 0.674 bits per heavy atom. The Balaban J connectivity index is 2.26. The SMILES string of the molecule is CCCCCCCSc1ccc(C[C@H]2CN(CC(=O)O)CCN(CC(=O)O)CCN(CC(=O)O)CCN2CC(=O)O)cc1. The quantitative estimate of drug-likeness (QED) is 0.148. The molecule has 1 saturated heterocycles. The third-order valence-corrected chi connectivity index (χ3v) is 8.58. The molecule has 1 aromatic rings. The smallest absolute Gasteiger partial charge is 0.317 e. The van der Waals surface area contributed by atoms with Gasteiger partial charge in [0.05, 0.1) is 26.2 Å². The van der Waals surface area contributed by atoms with Crippen molar-refractivity contribution in [2.45, 2.75) is 56.4 Å². The number of hydrogen-bond acceptors (Lipinski definition) is 9. The van der Waals surface area contributed by atoms with Crippen LogP contribution in [-0.2, 0) is 25.6 Å². The standard InChI is InChI=1S/C30H48N4O8S/c1-2-3-4-5-6-17-43-26-9-7-24(8-10-26)18-25-19-33(22-29(39)40)14-13-31(20-27(35)36)11-12-32(21-28(37)38)15-16-34(25)23-30(41)42/h7-10,25H,2-6,11-23H2,1H3,(H,35,36)(H,37,38)(H,39,40)(H,41,42)/t25-/m0/s1. The predicted molar refractivity (Wildman–Crippen MR) is 165 cm³/mol. The van der Waals surface area contributed by atoms with E-state index in [1.54, 1.807) is 19.6 Å². The van der Waals surface area contributed by atoms with Crippen LogP contribution in [0.25, 0.3) is 0 Å². The van der Waals surface area contributed by atoms with Gasteiger partial charge in [0.1, 0.15) is 0 Å². The zero-order valence-corrected chi connectivity index (χ0v) is 26.1. The first kappa shape index (κ1) is 36.5. The fraction of sp³-hybridized carbons (Fsp3) is 0.667. The maximum absolute atomic E-state index is 11.9. The summed E-state index contributed by atoms with van der Waals surface area (Å²) in [5, 5.41) is 38.2. The Morgan fingerprint density at radius 2 is 1.16 bits per heavy atom. The van der Waals surface area contributed by atoms with Gasteiger partial charge in [0, 0.05) is 56.8 Å². The summed E-state index contributed by atoms with van der Waals surface area (Å²) in [5.41, 5.74) is 0.991. The fourth-order valence-electron chi connectivity index (χ4n) is 5.25. The van der Waals surface area contributed by atoms with E-state index in [1.807, 2.05) is 23.9 Å². The lowest BCUT2D eigenvalue weighted by molar-refractivity contribution is -0.142. The number of carbonyl (C=O) groups is 4. The fourth-order valence-corrected chi connectivity index (χ4v) is 6.16. The Morgan fingerprint density at radius 3 is 1.70 bits per heavy atom. The van der Waals surface area contributed by atoms with Crippen molar-refractivity contribution in [3.63, 3.8) is 0 Å². The molecule has 1 aromatic carbocycles. The van der Waals surface area contributed by atoms with Crippen LogP contribution in [0.2, 0.25) is 0 Å². The molecule has 0 amide bonds. The third kappa shape index (κ3) is 16.1. The average molecular weight is 625 g/mol. The zero-order chi connectivity index (χ0) is 31.6. The van der Waals surface area contributed by atoms with Crippen LogP contribution < -0.4 is 0 Å². The van der Waals surface area contributed by atoms with E-state index in [0.717, 1.165) is 16.2 Å². The molecule has 1 atom stereocenters. The monoisotopic (exact) mass is 624 g/mol. The number of unbranched alkanes of at least 4 members (excludes halogenated alkanes) is 4. The van der Waals surface area contributed by atoms with Crippen molar-refractivity contribution in [2.24, 2.45) is 0 Å². The molecule has 1 fully saturated rings. The molecule has 0 bridgehead atoms. The molecule has 1 aliphatic heterocycles. The highest BCUT2D eigenvalue weighted by Crippen LogP contribution is 2.22. The van der Waals surface area contributed by atoms with Gasteiger partial charge in [-0.2, -0.15) is 0 Å². The van der Waals surface area contributed by atoms with Crippen molar-refractivity contribution in [1.29, 1.82) is 0 Å². The maximum atomic E-state index is 11.9. The molecule has 0 aromatic heterocycles. The van der Waals surface area contributed by atoms with E-state index >= 15 is 0 Å². The summed E-state index contributed by atoms with van der Waals surface area (Å²) < 4.78 is 0. The van der Waals surface area contributed by atoms with Crippen molar-refractivity contribution in [3.05, 3.63) is 29.8 Å². The molecule has 0 spiro atoms. The summed E-state index contributed by atoms with van der Waals surface area (Å²) in [6.07, 6.45) is 6.61. The predicted octanol–water partition coefficient (Wildman–Crippen LogP) is 2.22. The zero-order valence-electron chi connectivity index (χ0n) is 25.2. The van der Waals surface area contributed by atoms with Crippen LogP contribution in [0.5, 0.6) is 0 Å². The van der Waals surface area contributed by atoms with Crippen LogP contribution in [0.1, 0.15) is 44.6 Å². The highest BCUT2D eigenvalue weighted by atomic mass is 32.2. The van der Waals surface area contributed by atoms with Gasteiger partial charge >= 0.3 is 23.9 Å². The Labute approximate surface area is 258 Å². The lowest BCUT2D eigenvalue weighted by Gasteiger charge is -2.37. The number of thioether (sulfide) groups is 1. The van der Waals surface area contributed by atoms with Gasteiger partial charge in [-0.05, 0) is 36.3 Å². The van der Waals surface area contributed by atoms with Crippen molar-refractivity contribution >= 4 is 35.6 Å². The van der Waals surface area contributed by atoms with E-state index in [2.05, 4.69) is 19.1 Å². The summed E-state index contributed by atoms with van der Waals surface area (Å²) in [5.74, 6) is -3.04. The molecule has 13 heteroatoms. The summed E-state index contributed by atoms with van der Waals surface area (Å²) in [4.78, 5) is 54.7. The molecule has 4 N–H and O–H groups in total. The van der Waals surface area contributed by atoms with Gasteiger partial charge in [0.15, 0.2) is 0 Å². The lowest BCUT2D eigenvalue weighted by atomic mass is 10.0. The van der Waals surface area contributed by atoms with Crippen LogP contribution in [0.3, 0.4) is 0 Å². The van der Waals surface area contributed by atoms with Crippen molar-refractivity contribution in [3.8, 4) is 0 Å². The second kappa shape index (κ2) is 20.3. The molecule has 0 unspecified atom stereocenters. The third-order valence-electron chi connectivity index (χ3n) is 7.48. The molecular weight excluding hydrogens is 576 g/mol. The van der Waals surface area contributed by atoms with Gasteiger partial charge < -0.3 is 20.4 Å². The molecule has 12 nitrogen and oxygen atoms in total. The summed E-state index contributed by atoms with van der Waals surface area (Å²) in [6, 6.07) is 7.82. The van der Waals surface area contributed by atoms with Crippen LogP contribution in [0, 0.1) is 0 Å². The average Bonchev–Trinajstić information content (AvgIpc) is 2.92. The van der Waals surface area contributed by atoms with Crippen LogP contribution in [0.4, 0.5) is 0 Å². The number of hydrogen-bond donors (Lipinski definition) is 4. The minimum Gasteiger partial charge on any atom is -0.480 e. The summed E-state index contributed by atoms with van der Waals surface area (Å²) in [7, 11) is 0. The van der Waals surface area contributed by atoms with Gasteiger partial charge in [-0.3, -0.25) is 38.8 Å². The van der Waals surface area contributed by atoms with E-state index in [1.165, 1.54) is 32.1 Å². The Kier molecular flexibility index (Phi) is 17.2. The topological polar surface area (TPSA) is 162 Å². The van der Waals surface area contributed by atoms with Gasteiger partial charge in [-0.15, -0.1) is 11.8 Å². The number of nitrogens with zero attached hydrogens (tertiary/aromatic N) is 4. The first-order chi connectivity index (χ1) is 20.5. The first-order valence-electron chi connectivity index (χ1n) is 15.1. The number of aliphatic carboxylic acids is 4. The van der Waals surface area contributed by atoms with Gasteiger partial charge in [-0.1, -0.05) is 44.7 Å². The molecule has 1 aliphatic rings. The highest BCUT2D eigenvalue weighted by molar-refractivity contribution is 7.99. The van der Waals surface area contributed by atoms with Gasteiger partial charge in [0.25, 0.3) is 0 Å². The van der Waals surface area contributed by atoms with Gasteiger partial charge in [-0.25, -0.2) is 0 Å². The van der Waals surface area contributed by atoms with E-state index in [9.17, 15) is 39.6 Å². The van der Waals surface area contributed by atoms with E-state index < -0.39 is 23.9 Å². The molecule has 1 heterocycles. The normalized spacial score (nSPS) is 18.5. The second-order valence-corrected chi connectivity index (χ2v) is 12.3. The molecule has 242 valence electrons. The minimum absolute atomic E-state index is 0.251. The number of benzene rings is 1. The minimum atomic E-state index is -1.02. The summed E-state index contributed by atoms with van der Waals surface area (Å²) >= 11 is 1.81. The lowest BCUT2D eigenvalue weighted by Crippen LogP contribution is -2.53. The Bertz CT molecular complexity index is 1010. The van der Waals surface area contributed by atoms with E-state index in [-0.39, 0.29) is 78.0 Å². The molecule has 43 heavy (non-hydrogen) atoms. The number of carboxylic acids is 4. The molecular formula is C30H48N4O8S. The summed E-state index contributed by atoms with van der Waals surface area (Å²) in [6.45, 7) is 3.05. The molecule has 2 rings (SSSR count). The largest absolute Gasteiger partial charge is 0.480 e. The first-order valence-corrected chi connectivity index (χ1v) is 16.0. The second-order valence-electron chi connectivity index (χ2n) is 11.1. The van der Waals surface area contributed by atoms with Crippen molar-refractivity contribution in [2.75, 3.05) is 77.7 Å². The van der Waals surface area contributed by atoms with Gasteiger partial charge in [0.2, 0.25) is 0 Å². The maximum Gasteiger partial charge on any atom is 0.317 e. The molecule has 0 radical (unpaired) electrons. The highest BCUT2D eigenvalue weighted by Gasteiger charge is 2.27. The molecule has 0 saturated carbocycles. The molecule has 0 aliphatic carbocycles. The van der Waals surface area contributed by atoms with Crippen LogP contribution in [0.15, 0.2) is 29.2 Å². The van der Waals surface area contributed by atoms with E-state index in [0.29, 0.717) is 6.42 Å². The number of rotatable bonds is 17. The Hall–Kier alpha value is -2.71.